The second kappa shape index (κ2) is 7.28. The fraction of sp³-hybridized carbons (Fsp3) is 0.643. The molecule has 3 heteroatoms. The summed E-state index contributed by atoms with van der Waals surface area (Å²) in [5.74, 6) is 0. The van der Waals surface area contributed by atoms with Gasteiger partial charge in [0.15, 0.2) is 0 Å². The number of rotatable bonds is 7. The van der Waals surface area contributed by atoms with Crippen molar-refractivity contribution in [1.29, 1.82) is 0 Å². The molecule has 0 aliphatic carbocycles. The molecule has 2 N–H and O–H groups in total. The molecule has 1 unspecified atom stereocenters. The predicted molar refractivity (Wildman–Crippen MR) is 73.7 cm³/mol. The minimum atomic E-state index is 0.612. The maximum Gasteiger partial charge on any atom is 0.0545 e. The van der Waals surface area contributed by atoms with Gasteiger partial charge in [-0.05, 0) is 38.4 Å². The van der Waals surface area contributed by atoms with Crippen LogP contribution in [0.5, 0.6) is 0 Å². The van der Waals surface area contributed by atoms with Crippen LogP contribution in [-0.2, 0) is 6.54 Å². The molecular weight excluding hydrogens is 210 g/mol. The SMILES string of the molecule is CCCCN(Cc1ccc(N)cn1)C(C)CC. The number of aromatic nitrogens is 1. The van der Waals surface area contributed by atoms with Crippen molar-refractivity contribution in [3.8, 4) is 0 Å². The van der Waals surface area contributed by atoms with Gasteiger partial charge in [0.2, 0.25) is 0 Å². The predicted octanol–water partition coefficient (Wildman–Crippen LogP) is 3.06. The minimum absolute atomic E-state index is 0.612. The first kappa shape index (κ1) is 14.0. The van der Waals surface area contributed by atoms with Crippen molar-refractivity contribution in [1.82, 2.24) is 9.88 Å². The van der Waals surface area contributed by atoms with Crippen molar-refractivity contribution in [3.63, 3.8) is 0 Å². The van der Waals surface area contributed by atoms with Gasteiger partial charge >= 0.3 is 0 Å². The van der Waals surface area contributed by atoms with E-state index in [1.165, 1.54) is 19.3 Å². The summed E-state index contributed by atoms with van der Waals surface area (Å²) in [6.07, 6.45) is 5.41. The van der Waals surface area contributed by atoms with E-state index in [4.69, 9.17) is 5.73 Å². The molecule has 0 saturated heterocycles. The number of nitrogens with zero attached hydrogens (tertiary/aromatic N) is 2. The van der Waals surface area contributed by atoms with Gasteiger partial charge in [-0.25, -0.2) is 0 Å². The van der Waals surface area contributed by atoms with Crippen molar-refractivity contribution >= 4 is 5.69 Å². The van der Waals surface area contributed by atoms with Crippen molar-refractivity contribution in [2.45, 2.75) is 52.6 Å². The Morgan fingerprint density at radius 3 is 2.65 bits per heavy atom. The number of nitrogen functional groups attached to an aromatic ring is 1. The third kappa shape index (κ3) is 4.73. The highest BCUT2D eigenvalue weighted by Crippen LogP contribution is 2.11. The van der Waals surface area contributed by atoms with Gasteiger partial charge in [0.1, 0.15) is 0 Å². The van der Waals surface area contributed by atoms with Crippen LogP contribution in [-0.4, -0.2) is 22.5 Å². The minimum Gasteiger partial charge on any atom is -0.397 e. The first-order valence-electron chi connectivity index (χ1n) is 6.61. The van der Waals surface area contributed by atoms with Crippen LogP contribution in [0.3, 0.4) is 0 Å². The molecule has 0 bridgehead atoms. The molecule has 0 aromatic carbocycles. The van der Waals surface area contributed by atoms with Crippen LogP contribution in [0.2, 0.25) is 0 Å². The molecule has 0 saturated carbocycles. The van der Waals surface area contributed by atoms with E-state index in [2.05, 4.69) is 30.7 Å². The molecule has 1 heterocycles. The molecule has 17 heavy (non-hydrogen) atoms. The number of unbranched alkanes of at least 4 members (excludes halogenated alkanes) is 1. The number of pyridine rings is 1. The first-order chi connectivity index (χ1) is 8.17. The summed E-state index contributed by atoms with van der Waals surface area (Å²) in [4.78, 5) is 6.88. The summed E-state index contributed by atoms with van der Waals surface area (Å²) < 4.78 is 0. The number of hydrogen-bond acceptors (Lipinski definition) is 3. The highest BCUT2D eigenvalue weighted by molar-refractivity contribution is 5.34. The molecule has 0 fully saturated rings. The van der Waals surface area contributed by atoms with Crippen LogP contribution in [0, 0.1) is 0 Å². The van der Waals surface area contributed by atoms with Crippen molar-refractivity contribution < 1.29 is 0 Å². The van der Waals surface area contributed by atoms with Crippen molar-refractivity contribution in [2.24, 2.45) is 0 Å². The van der Waals surface area contributed by atoms with Crippen LogP contribution in [0.1, 0.15) is 45.7 Å². The third-order valence-corrected chi connectivity index (χ3v) is 3.23. The Morgan fingerprint density at radius 2 is 2.12 bits per heavy atom. The van der Waals surface area contributed by atoms with E-state index in [0.717, 1.165) is 24.5 Å². The zero-order valence-electron chi connectivity index (χ0n) is 11.3. The third-order valence-electron chi connectivity index (χ3n) is 3.23. The molecule has 1 atom stereocenters. The average Bonchev–Trinajstić information content (AvgIpc) is 2.36. The molecular formula is C14H25N3. The Hall–Kier alpha value is -1.09. The van der Waals surface area contributed by atoms with Crippen LogP contribution < -0.4 is 5.73 Å². The van der Waals surface area contributed by atoms with E-state index >= 15 is 0 Å². The summed E-state index contributed by atoms with van der Waals surface area (Å²) in [7, 11) is 0. The van der Waals surface area contributed by atoms with Gasteiger partial charge in [0.05, 0.1) is 17.6 Å². The van der Waals surface area contributed by atoms with Gasteiger partial charge in [-0.3, -0.25) is 9.88 Å². The van der Waals surface area contributed by atoms with Gasteiger partial charge in [-0.1, -0.05) is 20.3 Å². The summed E-state index contributed by atoms with van der Waals surface area (Å²) in [5, 5.41) is 0. The lowest BCUT2D eigenvalue weighted by molar-refractivity contribution is 0.190. The van der Waals surface area contributed by atoms with E-state index in [0.29, 0.717) is 6.04 Å². The summed E-state index contributed by atoms with van der Waals surface area (Å²) in [6, 6.07) is 4.56. The number of anilines is 1. The molecule has 0 amide bonds. The lowest BCUT2D eigenvalue weighted by Crippen LogP contribution is -2.33. The van der Waals surface area contributed by atoms with Crippen LogP contribution in [0.4, 0.5) is 5.69 Å². The lowest BCUT2D eigenvalue weighted by Gasteiger charge is -2.27. The maximum absolute atomic E-state index is 5.65. The second-order valence-corrected chi connectivity index (χ2v) is 4.66. The molecule has 1 rings (SSSR count). The Bertz CT molecular complexity index is 308. The van der Waals surface area contributed by atoms with E-state index in [1.807, 2.05) is 12.1 Å². The van der Waals surface area contributed by atoms with E-state index < -0.39 is 0 Å². The summed E-state index contributed by atoms with van der Waals surface area (Å²) in [5.41, 5.74) is 7.49. The Kier molecular flexibility index (Phi) is 5.98. The standard InChI is InChI=1S/C14H25N3/c1-4-6-9-17(12(3)5-2)11-14-8-7-13(15)10-16-14/h7-8,10,12H,4-6,9,11,15H2,1-3H3. The second-order valence-electron chi connectivity index (χ2n) is 4.66. The molecule has 0 spiro atoms. The van der Waals surface area contributed by atoms with E-state index in [-0.39, 0.29) is 0 Å². The fourth-order valence-corrected chi connectivity index (χ4v) is 1.81. The zero-order valence-corrected chi connectivity index (χ0v) is 11.3. The van der Waals surface area contributed by atoms with Crippen molar-refractivity contribution in [3.05, 3.63) is 24.0 Å². The van der Waals surface area contributed by atoms with Crippen LogP contribution in [0.15, 0.2) is 18.3 Å². The first-order valence-corrected chi connectivity index (χ1v) is 6.61. The monoisotopic (exact) mass is 235 g/mol. The van der Waals surface area contributed by atoms with Crippen molar-refractivity contribution in [2.75, 3.05) is 12.3 Å². The molecule has 0 aliphatic heterocycles. The highest BCUT2D eigenvalue weighted by atomic mass is 15.2. The molecule has 1 aromatic rings. The largest absolute Gasteiger partial charge is 0.397 e. The van der Waals surface area contributed by atoms with Crippen LogP contribution >= 0.6 is 0 Å². The molecule has 96 valence electrons. The Labute approximate surface area is 105 Å². The summed E-state index contributed by atoms with van der Waals surface area (Å²) >= 11 is 0. The van der Waals surface area contributed by atoms with Gasteiger partial charge < -0.3 is 5.73 Å². The lowest BCUT2D eigenvalue weighted by atomic mass is 10.2. The van der Waals surface area contributed by atoms with E-state index in [9.17, 15) is 0 Å². The maximum atomic E-state index is 5.65. The van der Waals surface area contributed by atoms with Gasteiger partial charge in [-0.2, -0.15) is 0 Å². The smallest absolute Gasteiger partial charge is 0.0545 e. The Balaban J connectivity index is 2.61. The van der Waals surface area contributed by atoms with Gasteiger partial charge in [-0.15, -0.1) is 0 Å². The zero-order chi connectivity index (χ0) is 12.7. The Morgan fingerprint density at radius 1 is 1.35 bits per heavy atom. The molecule has 0 aliphatic rings. The average molecular weight is 235 g/mol. The topological polar surface area (TPSA) is 42.1 Å². The fourth-order valence-electron chi connectivity index (χ4n) is 1.81. The highest BCUT2D eigenvalue weighted by Gasteiger charge is 2.12. The molecule has 0 radical (unpaired) electrons. The van der Waals surface area contributed by atoms with Gasteiger partial charge in [0.25, 0.3) is 0 Å². The van der Waals surface area contributed by atoms with Gasteiger partial charge in [0, 0.05) is 12.6 Å². The number of hydrogen-bond donors (Lipinski definition) is 1. The summed E-state index contributed by atoms with van der Waals surface area (Å²) in [6.45, 7) is 8.83. The molecule has 1 aromatic heterocycles. The quantitative estimate of drug-likeness (QED) is 0.789. The number of nitrogens with two attached hydrogens (primary N) is 1. The normalized spacial score (nSPS) is 12.9. The van der Waals surface area contributed by atoms with Crippen LogP contribution in [0.25, 0.3) is 0 Å². The molecule has 3 nitrogen and oxygen atoms in total. The van der Waals surface area contributed by atoms with E-state index in [1.54, 1.807) is 6.20 Å².